The van der Waals surface area contributed by atoms with Gasteiger partial charge in [0.15, 0.2) is 0 Å². The smallest absolute Gasteiger partial charge is 0.272 e. The third-order valence-electron chi connectivity index (χ3n) is 6.05. The van der Waals surface area contributed by atoms with E-state index in [1.165, 1.54) is 6.08 Å². The van der Waals surface area contributed by atoms with Crippen LogP contribution in [-0.2, 0) is 4.74 Å². The molecular weight excluding hydrogens is 492 g/mol. The van der Waals surface area contributed by atoms with Crippen LogP contribution in [0.25, 0.3) is 12.2 Å². The first kappa shape index (κ1) is 27.5. The molecule has 0 radical (unpaired) electrons. The summed E-state index contributed by atoms with van der Waals surface area (Å²) in [5.41, 5.74) is 0.376. The summed E-state index contributed by atoms with van der Waals surface area (Å²) >= 11 is 0. The van der Waals surface area contributed by atoms with Crippen LogP contribution < -0.4 is 27.1 Å². The van der Waals surface area contributed by atoms with Gasteiger partial charge in [-0.25, -0.2) is 13.8 Å². The van der Waals surface area contributed by atoms with Gasteiger partial charge in [0.05, 0.1) is 18.9 Å². The number of rotatable bonds is 6. The fourth-order valence-electron chi connectivity index (χ4n) is 4.32. The molecule has 0 amide bonds. The highest BCUT2D eigenvalue weighted by atomic mass is 35.5. The number of H-pyrrole nitrogens is 3. The van der Waals surface area contributed by atoms with Crippen molar-refractivity contribution in [2.45, 2.75) is 45.1 Å². The molecule has 1 saturated heterocycles. The van der Waals surface area contributed by atoms with E-state index in [0.717, 1.165) is 42.7 Å². The lowest BCUT2D eigenvalue weighted by atomic mass is 9.96. The lowest BCUT2D eigenvalue weighted by molar-refractivity contribution is 0.0664. The number of nitrogens with zero attached hydrogens (tertiary/aromatic N) is 1. The summed E-state index contributed by atoms with van der Waals surface area (Å²) in [6.07, 6.45) is 3.60. The van der Waals surface area contributed by atoms with E-state index in [9.17, 15) is 18.4 Å². The second-order valence-corrected chi connectivity index (χ2v) is 8.95. The number of halogens is 3. The molecule has 2 atom stereocenters. The predicted molar refractivity (Wildman–Crippen MR) is 136 cm³/mol. The molecular formula is C25H30ClF2N5O3. The normalized spacial score (nSPS) is 17.9. The van der Waals surface area contributed by atoms with Gasteiger partial charge in [-0.3, -0.25) is 9.59 Å². The maximum Gasteiger partial charge on any atom is 0.272 e. The number of hydrogen-bond donors (Lipinski definition) is 4. The van der Waals surface area contributed by atoms with Crippen LogP contribution in [-0.4, -0.2) is 45.7 Å². The van der Waals surface area contributed by atoms with E-state index in [2.05, 4.69) is 27.2 Å². The maximum atomic E-state index is 13.5. The number of aromatic amines is 3. The van der Waals surface area contributed by atoms with Crippen LogP contribution in [0.5, 0.6) is 0 Å². The van der Waals surface area contributed by atoms with Gasteiger partial charge in [-0.05, 0) is 42.2 Å². The van der Waals surface area contributed by atoms with E-state index in [4.69, 9.17) is 9.72 Å². The Balaban J connectivity index is 0.00000361. The highest BCUT2D eigenvalue weighted by Crippen LogP contribution is 2.26. The average Bonchev–Trinajstić information content (AvgIpc) is 3.21. The first-order valence-corrected chi connectivity index (χ1v) is 11.7. The van der Waals surface area contributed by atoms with Crippen LogP contribution in [0.15, 0.2) is 27.8 Å². The van der Waals surface area contributed by atoms with Crippen LogP contribution in [0.1, 0.15) is 61.8 Å². The minimum atomic E-state index is -0.782. The number of nitrogens with one attached hydrogen (secondary N) is 4. The van der Waals surface area contributed by atoms with Crippen molar-refractivity contribution >= 4 is 24.6 Å². The Kier molecular flexibility index (Phi) is 8.99. The molecule has 1 aromatic carbocycles. The topological polar surface area (TPSA) is 116 Å². The van der Waals surface area contributed by atoms with Crippen molar-refractivity contribution in [1.82, 2.24) is 25.3 Å². The second kappa shape index (κ2) is 11.8. The number of hydrogen-bond acceptors (Lipinski definition) is 5. The van der Waals surface area contributed by atoms with E-state index in [0.29, 0.717) is 18.9 Å². The zero-order valence-electron chi connectivity index (χ0n) is 20.3. The van der Waals surface area contributed by atoms with Crippen molar-refractivity contribution in [3.63, 3.8) is 0 Å². The van der Waals surface area contributed by atoms with E-state index in [1.807, 2.05) is 13.8 Å². The van der Waals surface area contributed by atoms with Gasteiger partial charge >= 0.3 is 0 Å². The Morgan fingerprint density at radius 1 is 1.06 bits per heavy atom. The van der Waals surface area contributed by atoms with Gasteiger partial charge in [-0.2, -0.15) is 0 Å². The SMILES string of the molecule is CCC(c1nc(/C=c2\[nH]c(=O)/c(=C/c3cc(F)cc(F)c3)[nH]c2=O)c(C(C)C)[nH]1)C1COCCN1.Cl. The summed E-state index contributed by atoms with van der Waals surface area (Å²) in [7, 11) is 0. The zero-order valence-corrected chi connectivity index (χ0v) is 21.1. The Bertz CT molecular complexity index is 1420. The first-order valence-electron chi connectivity index (χ1n) is 11.7. The molecule has 3 heterocycles. The van der Waals surface area contributed by atoms with E-state index < -0.39 is 22.8 Å². The molecule has 36 heavy (non-hydrogen) atoms. The lowest BCUT2D eigenvalue weighted by Crippen LogP contribution is -2.46. The minimum absolute atomic E-state index is 0. The van der Waals surface area contributed by atoms with E-state index in [-0.39, 0.29) is 46.5 Å². The van der Waals surface area contributed by atoms with Crippen molar-refractivity contribution in [2.24, 2.45) is 0 Å². The molecule has 1 aliphatic rings. The van der Waals surface area contributed by atoms with Gasteiger partial charge in [0.2, 0.25) is 0 Å². The standard InChI is InChI=1S/C25H29F2N5O3.ClH/c1-4-17(21-12-35-6-5-28-21)23-29-18(22(32-23)13(2)3)11-20-25(34)30-19(24(33)31-20)9-14-7-15(26)10-16(27)8-14;/h7-11,13,17,21,28H,4-6,12H2,1-3H3,(H,29,32)(H,30,34)(H,31,33);1H/b19-9-,20-11-;. The summed E-state index contributed by atoms with van der Waals surface area (Å²) in [5, 5.41) is 3.40. The molecule has 0 aliphatic carbocycles. The van der Waals surface area contributed by atoms with Crippen molar-refractivity contribution < 1.29 is 13.5 Å². The minimum Gasteiger partial charge on any atom is -0.378 e. The maximum absolute atomic E-state index is 13.5. The van der Waals surface area contributed by atoms with Crippen molar-refractivity contribution in [1.29, 1.82) is 0 Å². The van der Waals surface area contributed by atoms with Gasteiger partial charge in [-0.15, -0.1) is 12.4 Å². The number of morpholine rings is 1. The lowest BCUT2D eigenvalue weighted by Gasteiger charge is -2.29. The molecule has 11 heteroatoms. The van der Waals surface area contributed by atoms with Crippen molar-refractivity contribution in [3.05, 3.63) is 84.0 Å². The first-order chi connectivity index (χ1) is 16.7. The molecule has 0 bridgehead atoms. The Hall–Kier alpha value is -3.08. The van der Waals surface area contributed by atoms with E-state index in [1.54, 1.807) is 6.08 Å². The average molecular weight is 522 g/mol. The summed E-state index contributed by atoms with van der Waals surface area (Å²) in [5.74, 6) is -0.582. The highest BCUT2D eigenvalue weighted by molar-refractivity contribution is 5.85. The monoisotopic (exact) mass is 521 g/mol. The molecule has 2 unspecified atom stereocenters. The summed E-state index contributed by atoms with van der Waals surface area (Å²) in [6, 6.07) is 2.99. The van der Waals surface area contributed by atoms with Crippen LogP contribution in [0, 0.1) is 11.6 Å². The number of imidazole rings is 1. The molecule has 0 saturated carbocycles. The van der Waals surface area contributed by atoms with Crippen molar-refractivity contribution in [2.75, 3.05) is 19.8 Å². The fraction of sp³-hybridized carbons (Fsp3) is 0.400. The van der Waals surface area contributed by atoms with Gasteiger partial charge in [0, 0.05) is 30.3 Å². The molecule has 1 aliphatic heterocycles. The highest BCUT2D eigenvalue weighted by Gasteiger charge is 2.27. The molecule has 8 nitrogen and oxygen atoms in total. The summed E-state index contributed by atoms with van der Waals surface area (Å²) < 4.78 is 32.6. The molecule has 194 valence electrons. The van der Waals surface area contributed by atoms with Crippen LogP contribution in [0.2, 0.25) is 0 Å². The number of ether oxygens (including phenoxy) is 1. The molecule has 4 N–H and O–H groups in total. The molecule has 1 fully saturated rings. The number of aromatic nitrogens is 4. The predicted octanol–water partition coefficient (Wildman–Crippen LogP) is 1.75. The largest absolute Gasteiger partial charge is 0.378 e. The third kappa shape index (κ3) is 6.18. The Morgan fingerprint density at radius 3 is 2.25 bits per heavy atom. The molecule has 4 rings (SSSR count). The van der Waals surface area contributed by atoms with Gasteiger partial charge < -0.3 is 25.0 Å². The Morgan fingerprint density at radius 2 is 1.69 bits per heavy atom. The van der Waals surface area contributed by atoms with Crippen LogP contribution in [0.3, 0.4) is 0 Å². The molecule has 0 spiro atoms. The quantitative estimate of drug-likeness (QED) is 0.394. The molecule has 3 aromatic rings. The van der Waals surface area contributed by atoms with E-state index >= 15 is 0 Å². The van der Waals surface area contributed by atoms with Gasteiger partial charge in [-0.1, -0.05) is 20.8 Å². The summed E-state index contributed by atoms with van der Waals surface area (Å²) in [6.45, 7) is 8.17. The van der Waals surface area contributed by atoms with Gasteiger partial charge in [0.25, 0.3) is 11.1 Å². The third-order valence-corrected chi connectivity index (χ3v) is 6.05. The molecule has 2 aromatic heterocycles. The summed E-state index contributed by atoms with van der Waals surface area (Å²) in [4.78, 5) is 38.6. The van der Waals surface area contributed by atoms with Crippen LogP contribution in [0.4, 0.5) is 8.78 Å². The second-order valence-electron chi connectivity index (χ2n) is 8.95. The Labute approximate surface area is 212 Å². The number of benzene rings is 1. The van der Waals surface area contributed by atoms with Crippen LogP contribution >= 0.6 is 12.4 Å². The van der Waals surface area contributed by atoms with Crippen molar-refractivity contribution in [3.8, 4) is 0 Å². The zero-order chi connectivity index (χ0) is 25.1. The fourth-order valence-corrected chi connectivity index (χ4v) is 4.32. The van der Waals surface area contributed by atoms with Gasteiger partial charge in [0.1, 0.15) is 28.2 Å².